The van der Waals surface area contributed by atoms with E-state index in [0.717, 1.165) is 18.5 Å². The topological polar surface area (TPSA) is 89.9 Å². The summed E-state index contributed by atoms with van der Waals surface area (Å²) >= 11 is 0. The summed E-state index contributed by atoms with van der Waals surface area (Å²) in [5, 5.41) is 12.1. The number of urea groups is 1. The Balaban J connectivity index is 1.67. The number of hydrogen-bond donors (Lipinski definition) is 2. The smallest absolute Gasteiger partial charge is 0.321 e. The number of carboxylic acid groups (broad SMARTS) is 1. The van der Waals surface area contributed by atoms with Crippen LogP contribution in [0.4, 0.5) is 16.2 Å². The zero-order valence-corrected chi connectivity index (χ0v) is 14.3. The third-order valence-electron chi connectivity index (χ3n) is 5.01. The summed E-state index contributed by atoms with van der Waals surface area (Å²) in [4.78, 5) is 39.0. The molecule has 134 valence electrons. The highest BCUT2D eigenvalue weighted by molar-refractivity contribution is 5.96. The molecule has 7 nitrogen and oxygen atoms in total. The molecule has 2 heterocycles. The Bertz CT molecular complexity index is 705. The fourth-order valence-corrected chi connectivity index (χ4v) is 3.34. The molecular weight excluding hydrogens is 322 g/mol. The third kappa shape index (κ3) is 3.60. The molecule has 25 heavy (non-hydrogen) atoms. The second-order valence-electron chi connectivity index (χ2n) is 7.02. The fraction of sp³-hybridized carbons (Fsp3) is 0.500. The summed E-state index contributed by atoms with van der Waals surface area (Å²) in [6.07, 6.45) is 2.89. The van der Waals surface area contributed by atoms with E-state index >= 15 is 0 Å². The molecule has 0 radical (unpaired) electrons. The van der Waals surface area contributed by atoms with Gasteiger partial charge in [-0.2, -0.15) is 0 Å². The first-order valence-corrected chi connectivity index (χ1v) is 8.59. The van der Waals surface area contributed by atoms with Gasteiger partial charge in [-0.15, -0.1) is 0 Å². The lowest BCUT2D eigenvalue weighted by atomic mass is 9.90. The van der Waals surface area contributed by atoms with E-state index in [1.165, 1.54) is 4.90 Å². The van der Waals surface area contributed by atoms with Crippen LogP contribution in [0, 0.1) is 5.41 Å². The number of carbonyl (C=O) groups excluding carboxylic acids is 2. The van der Waals surface area contributed by atoms with Gasteiger partial charge in [0.25, 0.3) is 0 Å². The van der Waals surface area contributed by atoms with Crippen LogP contribution in [0.25, 0.3) is 0 Å². The monoisotopic (exact) mass is 345 g/mol. The number of carbonyl (C=O) groups is 3. The first-order chi connectivity index (χ1) is 11.9. The van der Waals surface area contributed by atoms with Crippen molar-refractivity contribution in [2.75, 3.05) is 29.9 Å². The van der Waals surface area contributed by atoms with E-state index in [-0.39, 0.29) is 18.5 Å². The second-order valence-corrected chi connectivity index (χ2v) is 7.02. The van der Waals surface area contributed by atoms with Gasteiger partial charge < -0.3 is 20.2 Å². The highest BCUT2D eigenvalue weighted by Crippen LogP contribution is 2.31. The number of rotatable bonds is 3. The number of nitrogens with one attached hydrogen (secondary N) is 1. The quantitative estimate of drug-likeness (QED) is 0.881. The van der Waals surface area contributed by atoms with E-state index in [1.807, 2.05) is 6.07 Å². The number of carboxylic acids is 1. The molecule has 0 aromatic heterocycles. The van der Waals surface area contributed by atoms with Gasteiger partial charge in [-0.05, 0) is 44.4 Å². The van der Waals surface area contributed by atoms with Crippen molar-refractivity contribution in [1.29, 1.82) is 0 Å². The van der Waals surface area contributed by atoms with E-state index < -0.39 is 11.4 Å². The van der Waals surface area contributed by atoms with Crippen molar-refractivity contribution < 1.29 is 19.5 Å². The van der Waals surface area contributed by atoms with E-state index in [1.54, 1.807) is 30.0 Å². The summed E-state index contributed by atoms with van der Waals surface area (Å²) in [5.41, 5.74) is 0.489. The minimum Gasteiger partial charge on any atom is -0.481 e. The van der Waals surface area contributed by atoms with Crippen molar-refractivity contribution in [2.24, 2.45) is 5.41 Å². The van der Waals surface area contributed by atoms with Crippen molar-refractivity contribution in [2.45, 2.75) is 32.6 Å². The van der Waals surface area contributed by atoms with Crippen LogP contribution in [0.15, 0.2) is 24.3 Å². The van der Waals surface area contributed by atoms with Crippen molar-refractivity contribution in [3.8, 4) is 0 Å². The van der Waals surface area contributed by atoms with Crippen molar-refractivity contribution in [3.63, 3.8) is 0 Å². The van der Waals surface area contributed by atoms with Crippen LogP contribution < -0.4 is 10.2 Å². The van der Waals surface area contributed by atoms with Crippen LogP contribution >= 0.6 is 0 Å². The molecule has 1 atom stereocenters. The average molecular weight is 345 g/mol. The molecule has 2 aliphatic rings. The Hall–Kier alpha value is -2.57. The van der Waals surface area contributed by atoms with Crippen LogP contribution in [0.2, 0.25) is 0 Å². The number of amides is 3. The van der Waals surface area contributed by atoms with Gasteiger partial charge in [0.1, 0.15) is 0 Å². The molecule has 3 rings (SSSR count). The normalized spacial score (nSPS) is 23.6. The number of nitrogens with zero attached hydrogens (tertiary/aromatic N) is 2. The molecule has 2 aliphatic heterocycles. The lowest BCUT2D eigenvalue weighted by Crippen LogP contribution is -2.37. The molecule has 0 saturated carbocycles. The number of hydrogen-bond acceptors (Lipinski definition) is 3. The minimum atomic E-state index is -0.889. The molecule has 2 saturated heterocycles. The molecule has 2 fully saturated rings. The van der Waals surface area contributed by atoms with E-state index in [0.29, 0.717) is 31.6 Å². The molecular formula is C18H23N3O4. The average Bonchev–Trinajstić information content (AvgIpc) is 3.00. The Kier molecular flexibility index (Phi) is 4.65. The van der Waals surface area contributed by atoms with E-state index in [9.17, 15) is 19.5 Å². The molecule has 1 aromatic rings. The van der Waals surface area contributed by atoms with Gasteiger partial charge in [0.15, 0.2) is 0 Å². The highest BCUT2D eigenvalue weighted by Gasteiger charge is 2.42. The number of aliphatic carboxylic acids is 1. The number of benzene rings is 1. The van der Waals surface area contributed by atoms with Gasteiger partial charge in [0.2, 0.25) is 5.91 Å². The Morgan fingerprint density at radius 2 is 2.04 bits per heavy atom. The van der Waals surface area contributed by atoms with Gasteiger partial charge in [0, 0.05) is 37.4 Å². The fourth-order valence-electron chi connectivity index (χ4n) is 3.34. The molecule has 7 heteroatoms. The molecule has 1 aromatic carbocycles. The Morgan fingerprint density at radius 3 is 2.72 bits per heavy atom. The van der Waals surface area contributed by atoms with Gasteiger partial charge in [0.05, 0.1) is 5.41 Å². The van der Waals surface area contributed by atoms with Crippen molar-refractivity contribution in [3.05, 3.63) is 24.3 Å². The zero-order chi connectivity index (χ0) is 18.0. The van der Waals surface area contributed by atoms with Crippen LogP contribution in [0.3, 0.4) is 0 Å². The predicted octanol–water partition coefficient (Wildman–Crippen LogP) is 2.53. The van der Waals surface area contributed by atoms with Crippen LogP contribution in [0.1, 0.15) is 32.6 Å². The lowest BCUT2D eigenvalue weighted by Gasteiger charge is -2.27. The summed E-state index contributed by atoms with van der Waals surface area (Å²) in [6.45, 7) is 2.96. The summed E-state index contributed by atoms with van der Waals surface area (Å²) in [7, 11) is 0. The molecule has 0 aliphatic carbocycles. The van der Waals surface area contributed by atoms with E-state index in [4.69, 9.17) is 0 Å². The Labute approximate surface area is 146 Å². The first kappa shape index (κ1) is 17.3. The van der Waals surface area contributed by atoms with Crippen molar-refractivity contribution in [1.82, 2.24) is 4.90 Å². The predicted molar refractivity (Wildman–Crippen MR) is 93.6 cm³/mol. The molecule has 1 unspecified atom stereocenters. The van der Waals surface area contributed by atoms with Crippen LogP contribution in [0.5, 0.6) is 0 Å². The first-order valence-electron chi connectivity index (χ1n) is 8.59. The molecule has 2 N–H and O–H groups in total. The number of likely N-dealkylation sites (tertiary alicyclic amines) is 1. The lowest BCUT2D eigenvalue weighted by molar-refractivity contribution is -0.147. The number of anilines is 2. The SMILES string of the molecule is CC1(C(=O)O)CCN(C(=O)Nc2cccc(N3CCCCC3=O)c2)C1. The second kappa shape index (κ2) is 6.74. The maximum atomic E-state index is 12.4. The van der Waals surface area contributed by atoms with E-state index in [2.05, 4.69) is 5.32 Å². The summed E-state index contributed by atoms with van der Waals surface area (Å²) < 4.78 is 0. The maximum Gasteiger partial charge on any atom is 0.321 e. The Morgan fingerprint density at radius 1 is 1.24 bits per heavy atom. The summed E-state index contributed by atoms with van der Waals surface area (Å²) in [5.74, 6) is -0.778. The van der Waals surface area contributed by atoms with Crippen LogP contribution in [-0.2, 0) is 9.59 Å². The maximum absolute atomic E-state index is 12.4. The summed E-state index contributed by atoms with van der Waals surface area (Å²) in [6, 6.07) is 6.90. The highest BCUT2D eigenvalue weighted by atomic mass is 16.4. The standard InChI is InChI=1S/C18H23N3O4/c1-18(16(23)24)8-10-20(12-18)17(25)19-13-5-4-6-14(11-13)21-9-3-2-7-15(21)22/h4-6,11H,2-3,7-10,12H2,1H3,(H,19,25)(H,23,24). The molecule has 0 spiro atoms. The zero-order valence-electron chi connectivity index (χ0n) is 14.3. The third-order valence-corrected chi connectivity index (χ3v) is 5.01. The minimum absolute atomic E-state index is 0.103. The largest absolute Gasteiger partial charge is 0.481 e. The van der Waals surface area contributed by atoms with Gasteiger partial charge in [-0.1, -0.05) is 6.07 Å². The van der Waals surface area contributed by atoms with Crippen LogP contribution in [-0.4, -0.2) is 47.5 Å². The number of piperidine rings is 1. The van der Waals surface area contributed by atoms with Gasteiger partial charge in [-0.25, -0.2) is 4.79 Å². The molecule has 0 bridgehead atoms. The van der Waals surface area contributed by atoms with Gasteiger partial charge >= 0.3 is 12.0 Å². The van der Waals surface area contributed by atoms with Gasteiger partial charge in [-0.3, -0.25) is 9.59 Å². The molecule has 3 amide bonds. The van der Waals surface area contributed by atoms with Crippen molar-refractivity contribution >= 4 is 29.3 Å².